The van der Waals surface area contributed by atoms with E-state index < -0.39 is 11.6 Å². The molecule has 7 nitrogen and oxygen atoms in total. The van der Waals surface area contributed by atoms with E-state index in [1.165, 1.54) is 54.7 Å². The standard InChI is InChI=1S/C26H26F2N2O5S/c1-4-29(12-15-6-5-7-19(27)24(15)28)26(33)18-14-36-23-13-30(9-8-16(18)23)25(32)17-10-21(34-2)22(35-3)11-20(17)31/h5-7,10-11,14,31H,4,8-9,12-13H2,1-3H3. The number of fused-ring (bicyclic) bond motifs is 1. The molecule has 1 aromatic heterocycles. The second kappa shape index (κ2) is 10.5. The van der Waals surface area contributed by atoms with Gasteiger partial charge < -0.3 is 24.4 Å². The third kappa shape index (κ3) is 4.73. The van der Waals surface area contributed by atoms with Crippen LogP contribution in [0.25, 0.3) is 0 Å². The highest BCUT2D eigenvalue weighted by atomic mass is 32.1. The molecule has 0 spiro atoms. The first-order chi connectivity index (χ1) is 17.3. The molecule has 0 atom stereocenters. The van der Waals surface area contributed by atoms with Crippen molar-refractivity contribution in [1.29, 1.82) is 0 Å². The molecule has 1 aliphatic rings. The topological polar surface area (TPSA) is 79.3 Å². The summed E-state index contributed by atoms with van der Waals surface area (Å²) in [5.74, 6) is -2.11. The summed E-state index contributed by atoms with van der Waals surface area (Å²) in [7, 11) is 2.89. The Labute approximate surface area is 211 Å². The number of phenolic OH excluding ortho intramolecular Hbond substituents is 1. The molecule has 2 aromatic carbocycles. The van der Waals surface area contributed by atoms with Gasteiger partial charge in [-0.3, -0.25) is 9.59 Å². The van der Waals surface area contributed by atoms with Gasteiger partial charge in [-0.2, -0.15) is 0 Å². The molecule has 36 heavy (non-hydrogen) atoms. The predicted molar refractivity (Wildman–Crippen MR) is 131 cm³/mol. The van der Waals surface area contributed by atoms with E-state index in [0.29, 0.717) is 36.6 Å². The largest absolute Gasteiger partial charge is 0.507 e. The number of benzene rings is 2. The van der Waals surface area contributed by atoms with Crippen LogP contribution in [0.2, 0.25) is 0 Å². The fourth-order valence-corrected chi connectivity index (χ4v) is 5.35. The van der Waals surface area contributed by atoms with Gasteiger partial charge in [-0.1, -0.05) is 12.1 Å². The van der Waals surface area contributed by atoms with Gasteiger partial charge in [-0.05, 0) is 25.0 Å². The number of hydrogen-bond donors (Lipinski definition) is 1. The summed E-state index contributed by atoms with van der Waals surface area (Å²) in [6.45, 7) is 2.69. The third-order valence-electron chi connectivity index (χ3n) is 6.26. The number of aromatic hydroxyl groups is 1. The number of ether oxygens (including phenoxy) is 2. The van der Waals surface area contributed by atoms with Gasteiger partial charge in [0.05, 0.1) is 31.9 Å². The minimum atomic E-state index is -0.955. The number of halogens is 2. The number of methoxy groups -OCH3 is 2. The second-order valence-electron chi connectivity index (χ2n) is 8.28. The van der Waals surface area contributed by atoms with Gasteiger partial charge in [0.15, 0.2) is 23.1 Å². The van der Waals surface area contributed by atoms with E-state index in [-0.39, 0.29) is 41.8 Å². The van der Waals surface area contributed by atoms with E-state index in [1.54, 1.807) is 17.2 Å². The maximum Gasteiger partial charge on any atom is 0.258 e. The zero-order valence-electron chi connectivity index (χ0n) is 20.1. The summed E-state index contributed by atoms with van der Waals surface area (Å²) in [4.78, 5) is 30.4. The van der Waals surface area contributed by atoms with E-state index in [9.17, 15) is 23.5 Å². The van der Waals surface area contributed by atoms with Crippen LogP contribution < -0.4 is 9.47 Å². The molecular weight excluding hydrogens is 490 g/mol. The number of carbonyl (C=O) groups is 2. The van der Waals surface area contributed by atoms with Crippen molar-refractivity contribution in [2.75, 3.05) is 27.3 Å². The van der Waals surface area contributed by atoms with E-state index >= 15 is 0 Å². The zero-order valence-corrected chi connectivity index (χ0v) is 21.0. The summed E-state index contributed by atoms with van der Waals surface area (Å²) in [5.41, 5.74) is 1.57. The highest BCUT2D eigenvalue weighted by molar-refractivity contribution is 7.10. The Morgan fingerprint density at radius 2 is 1.86 bits per heavy atom. The van der Waals surface area contributed by atoms with Crippen LogP contribution >= 0.6 is 11.3 Å². The Morgan fingerprint density at radius 3 is 2.56 bits per heavy atom. The first kappa shape index (κ1) is 25.4. The van der Waals surface area contributed by atoms with Gasteiger partial charge in [-0.25, -0.2) is 8.78 Å². The second-order valence-corrected chi connectivity index (χ2v) is 9.25. The molecule has 0 radical (unpaired) electrons. The molecule has 4 rings (SSSR count). The van der Waals surface area contributed by atoms with Gasteiger partial charge >= 0.3 is 0 Å². The Morgan fingerprint density at radius 1 is 1.14 bits per heavy atom. The van der Waals surface area contributed by atoms with Gasteiger partial charge in [0, 0.05) is 47.6 Å². The third-order valence-corrected chi connectivity index (χ3v) is 7.27. The van der Waals surface area contributed by atoms with Crippen LogP contribution in [0, 0.1) is 11.6 Å². The molecule has 10 heteroatoms. The summed E-state index contributed by atoms with van der Waals surface area (Å²) >= 11 is 1.37. The lowest BCUT2D eigenvalue weighted by Gasteiger charge is -2.28. The average Bonchev–Trinajstić information content (AvgIpc) is 3.31. The molecule has 2 amide bonds. The zero-order chi connectivity index (χ0) is 26.0. The highest BCUT2D eigenvalue weighted by Gasteiger charge is 2.30. The number of thiophene rings is 1. The SMILES string of the molecule is CCN(Cc1cccc(F)c1F)C(=O)c1csc2c1CCN(C(=O)c1cc(OC)c(OC)cc1O)C2. The summed E-state index contributed by atoms with van der Waals surface area (Å²) in [5, 5.41) is 12.1. The first-order valence-electron chi connectivity index (χ1n) is 11.3. The monoisotopic (exact) mass is 516 g/mol. The number of carbonyl (C=O) groups excluding carboxylic acids is 2. The Kier molecular flexibility index (Phi) is 7.44. The van der Waals surface area contributed by atoms with Crippen molar-refractivity contribution >= 4 is 23.2 Å². The number of nitrogens with zero attached hydrogens (tertiary/aromatic N) is 2. The van der Waals surface area contributed by atoms with Gasteiger partial charge in [0.2, 0.25) is 0 Å². The van der Waals surface area contributed by atoms with Gasteiger partial charge in [0.1, 0.15) is 5.75 Å². The lowest BCUT2D eigenvalue weighted by Crippen LogP contribution is -2.36. The molecule has 0 unspecified atom stereocenters. The van der Waals surface area contributed by atoms with Crippen LogP contribution in [-0.2, 0) is 19.5 Å². The van der Waals surface area contributed by atoms with Crippen molar-refractivity contribution in [2.24, 2.45) is 0 Å². The highest BCUT2D eigenvalue weighted by Crippen LogP contribution is 2.36. The minimum Gasteiger partial charge on any atom is -0.507 e. The van der Waals surface area contributed by atoms with Crippen molar-refractivity contribution in [3.05, 3.63) is 74.5 Å². The smallest absolute Gasteiger partial charge is 0.258 e. The molecule has 190 valence electrons. The molecule has 0 fully saturated rings. The molecule has 0 aliphatic carbocycles. The molecule has 3 aromatic rings. The van der Waals surface area contributed by atoms with Crippen LogP contribution in [-0.4, -0.2) is 54.0 Å². The summed E-state index contributed by atoms with van der Waals surface area (Å²) < 4.78 is 38.2. The van der Waals surface area contributed by atoms with Crippen molar-refractivity contribution in [1.82, 2.24) is 9.80 Å². The molecule has 1 aliphatic heterocycles. The van der Waals surface area contributed by atoms with Crippen molar-refractivity contribution in [3.8, 4) is 17.2 Å². The van der Waals surface area contributed by atoms with Crippen LogP contribution in [0.15, 0.2) is 35.7 Å². The lowest BCUT2D eigenvalue weighted by molar-refractivity contribution is 0.0732. The summed E-state index contributed by atoms with van der Waals surface area (Å²) in [6, 6.07) is 6.70. The van der Waals surface area contributed by atoms with Crippen LogP contribution in [0.4, 0.5) is 8.78 Å². The Hall–Kier alpha value is -3.66. The molecule has 0 bridgehead atoms. The number of hydrogen-bond acceptors (Lipinski definition) is 6. The fraction of sp³-hybridized carbons (Fsp3) is 0.308. The van der Waals surface area contributed by atoms with Gasteiger partial charge in [-0.15, -0.1) is 11.3 Å². The van der Waals surface area contributed by atoms with Crippen LogP contribution in [0.1, 0.15) is 43.6 Å². The van der Waals surface area contributed by atoms with Crippen molar-refractivity contribution < 1.29 is 33.0 Å². The molecular formula is C26H26F2N2O5S. The quantitative estimate of drug-likeness (QED) is 0.496. The first-order valence-corrected chi connectivity index (χ1v) is 12.2. The Bertz CT molecular complexity index is 1310. The van der Waals surface area contributed by atoms with Crippen LogP contribution in [0.5, 0.6) is 17.2 Å². The van der Waals surface area contributed by atoms with Crippen molar-refractivity contribution in [3.63, 3.8) is 0 Å². The number of rotatable bonds is 7. The normalized spacial score (nSPS) is 12.8. The maximum absolute atomic E-state index is 14.2. The predicted octanol–water partition coefficient (Wildman–Crippen LogP) is 4.61. The molecule has 0 saturated carbocycles. The number of phenols is 1. The van der Waals surface area contributed by atoms with E-state index in [0.717, 1.165) is 16.5 Å². The molecule has 2 heterocycles. The summed E-state index contributed by atoms with van der Waals surface area (Å²) in [6.07, 6.45) is 0.450. The van der Waals surface area contributed by atoms with Crippen LogP contribution in [0.3, 0.4) is 0 Å². The number of amides is 2. The average molecular weight is 517 g/mol. The molecule has 0 saturated heterocycles. The fourth-order valence-electron chi connectivity index (χ4n) is 4.26. The minimum absolute atomic E-state index is 0.0489. The van der Waals surface area contributed by atoms with E-state index in [4.69, 9.17) is 9.47 Å². The van der Waals surface area contributed by atoms with Gasteiger partial charge in [0.25, 0.3) is 11.8 Å². The maximum atomic E-state index is 14.2. The van der Waals surface area contributed by atoms with Crippen molar-refractivity contribution in [2.45, 2.75) is 26.4 Å². The molecule has 1 N–H and O–H groups in total. The Balaban J connectivity index is 1.53. The van der Waals surface area contributed by atoms with E-state index in [2.05, 4.69) is 0 Å². The van der Waals surface area contributed by atoms with E-state index in [1.807, 2.05) is 0 Å². The lowest BCUT2D eigenvalue weighted by atomic mass is 10.0.